The van der Waals surface area contributed by atoms with Crippen LogP contribution in [0.1, 0.15) is 36.2 Å². The molecule has 35 heavy (non-hydrogen) atoms. The van der Waals surface area contributed by atoms with Crippen molar-refractivity contribution in [3.8, 4) is 11.6 Å². The van der Waals surface area contributed by atoms with E-state index in [9.17, 15) is 23.5 Å². The van der Waals surface area contributed by atoms with Gasteiger partial charge in [-0.3, -0.25) is 9.59 Å². The van der Waals surface area contributed by atoms with Crippen molar-refractivity contribution >= 4 is 22.8 Å². The molecule has 0 bridgehead atoms. The molecular weight excluding hydrogens is 458 g/mol. The van der Waals surface area contributed by atoms with Crippen LogP contribution in [0.15, 0.2) is 42.5 Å². The number of aromatic hydroxyl groups is 1. The summed E-state index contributed by atoms with van der Waals surface area (Å²) in [5, 5.41) is 13.0. The third-order valence-corrected chi connectivity index (χ3v) is 6.36. The van der Waals surface area contributed by atoms with E-state index >= 15 is 0 Å². The van der Waals surface area contributed by atoms with Gasteiger partial charge >= 0.3 is 0 Å². The fourth-order valence-corrected chi connectivity index (χ4v) is 4.30. The van der Waals surface area contributed by atoms with E-state index in [1.54, 1.807) is 29.2 Å². The maximum Gasteiger partial charge on any atom is 0.276 e. The van der Waals surface area contributed by atoms with Gasteiger partial charge in [-0.25, -0.2) is 18.7 Å². The molecule has 5 rings (SSSR count). The Bertz CT molecular complexity index is 1280. The van der Waals surface area contributed by atoms with E-state index < -0.39 is 29.5 Å². The van der Waals surface area contributed by atoms with E-state index in [0.29, 0.717) is 37.0 Å². The molecule has 1 aliphatic carbocycles. The number of hydrogen-bond acceptors (Lipinski definition) is 6. The maximum absolute atomic E-state index is 13.4. The Hall–Kier alpha value is -3.82. The van der Waals surface area contributed by atoms with Crippen LogP contribution in [0.5, 0.6) is 11.6 Å². The minimum atomic E-state index is -0.972. The van der Waals surface area contributed by atoms with Crippen LogP contribution in [0.25, 0.3) is 11.0 Å². The number of piperidine rings is 1. The van der Waals surface area contributed by atoms with E-state index in [-0.39, 0.29) is 29.4 Å². The first-order chi connectivity index (χ1) is 16.9. The number of carbonyl (C=O) groups is 2. The van der Waals surface area contributed by atoms with Gasteiger partial charge in [0.25, 0.3) is 5.91 Å². The molecule has 1 aliphatic heterocycles. The minimum Gasteiger partial charge on any atom is -0.492 e. The Kier molecular flexibility index (Phi) is 6.19. The molecule has 10 heteroatoms. The predicted octanol–water partition coefficient (Wildman–Crippen LogP) is 3.19. The number of carbonyl (C=O) groups excluding carboxylic acids is 2. The van der Waals surface area contributed by atoms with Gasteiger partial charge in [-0.15, -0.1) is 0 Å². The van der Waals surface area contributed by atoms with Crippen molar-refractivity contribution in [3.63, 3.8) is 0 Å². The first-order valence-electron chi connectivity index (χ1n) is 11.6. The third kappa shape index (κ3) is 5.01. The fraction of sp³-hybridized carbons (Fsp3) is 0.360. The largest absolute Gasteiger partial charge is 0.492 e. The summed E-state index contributed by atoms with van der Waals surface area (Å²) in [7, 11) is 0. The smallest absolute Gasteiger partial charge is 0.276 e. The molecule has 2 heterocycles. The highest BCUT2D eigenvalue weighted by molar-refractivity contribution is 5.99. The van der Waals surface area contributed by atoms with Crippen LogP contribution in [0, 0.1) is 17.6 Å². The van der Waals surface area contributed by atoms with Crippen molar-refractivity contribution in [2.45, 2.75) is 37.8 Å². The highest BCUT2D eigenvalue weighted by atomic mass is 19.2. The van der Waals surface area contributed by atoms with Crippen molar-refractivity contribution in [1.29, 1.82) is 0 Å². The summed E-state index contributed by atoms with van der Waals surface area (Å²) in [5.41, 5.74) is 0.707. The van der Waals surface area contributed by atoms with Crippen molar-refractivity contribution in [2.75, 3.05) is 13.1 Å². The number of likely N-dealkylation sites (tertiary alicyclic amines) is 1. The number of para-hydroxylation sites is 2. The molecular formula is C25H24F2N4O4. The zero-order chi connectivity index (χ0) is 24.5. The highest BCUT2D eigenvalue weighted by Crippen LogP contribution is 2.34. The SMILES string of the molecule is O=C(N[C@H](C(=O)N1CCC(Oc2ccc(F)c(F)c2)CC1)C1CC1)c1nc2ccccc2nc1O. The predicted molar refractivity (Wildman–Crippen MR) is 122 cm³/mol. The molecule has 2 aromatic carbocycles. The molecule has 0 unspecified atom stereocenters. The average molecular weight is 482 g/mol. The summed E-state index contributed by atoms with van der Waals surface area (Å²) in [6, 6.07) is 9.56. The Morgan fingerprint density at radius 2 is 1.69 bits per heavy atom. The van der Waals surface area contributed by atoms with E-state index in [0.717, 1.165) is 25.0 Å². The lowest BCUT2D eigenvalue weighted by molar-refractivity contribution is -0.135. The minimum absolute atomic E-state index is 0.0261. The molecule has 1 atom stereocenters. The van der Waals surface area contributed by atoms with Gasteiger partial charge in [-0.1, -0.05) is 12.1 Å². The lowest BCUT2D eigenvalue weighted by atomic mass is 10.0. The molecule has 2 N–H and O–H groups in total. The van der Waals surface area contributed by atoms with Crippen LogP contribution in [0.4, 0.5) is 8.78 Å². The Balaban J connectivity index is 1.22. The molecule has 1 saturated carbocycles. The fourth-order valence-electron chi connectivity index (χ4n) is 4.30. The van der Waals surface area contributed by atoms with Crippen molar-refractivity contribution in [1.82, 2.24) is 20.2 Å². The summed E-state index contributed by atoms with van der Waals surface area (Å²) in [5.74, 6) is -2.97. The number of amides is 2. The summed E-state index contributed by atoms with van der Waals surface area (Å²) < 4.78 is 32.3. The summed E-state index contributed by atoms with van der Waals surface area (Å²) in [6.07, 6.45) is 2.45. The van der Waals surface area contributed by atoms with Crippen LogP contribution in [-0.4, -0.2) is 57.0 Å². The van der Waals surface area contributed by atoms with Crippen LogP contribution in [0.2, 0.25) is 0 Å². The zero-order valence-corrected chi connectivity index (χ0v) is 18.8. The number of halogens is 2. The van der Waals surface area contributed by atoms with Gasteiger partial charge in [0.2, 0.25) is 11.8 Å². The molecule has 182 valence electrons. The number of nitrogens with one attached hydrogen (secondary N) is 1. The van der Waals surface area contributed by atoms with Gasteiger partial charge in [0.15, 0.2) is 17.3 Å². The van der Waals surface area contributed by atoms with Gasteiger partial charge in [0.1, 0.15) is 17.9 Å². The van der Waals surface area contributed by atoms with Crippen LogP contribution in [-0.2, 0) is 4.79 Å². The van der Waals surface area contributed by atoms with Gasteiger partial charge in [0, 0.05) is 32.0 Å². The number of ether oxygens (including phenoxy) is 1. The molecule has 3 aromatic rings. The molecule has 0 radical (unpaired) electrons. The van der Waals surface area contributed by atoms with E-state index in [4.69, 9.17) is 4.74 Å². The molecule has 0 spiro atoms. The highest BCUT2D eigenvalue weighted by Gasteiger charge is 2.41. The number of rotatable bonds is 6. The molecule has 2 fully saturated rings. The maximum atomic E-state index is 13.4. The average Bonchev–Trinajstić information content (AvgIpc) is 3.70. The molecule has 2 aliphatic rings. The zero-order valence-electron chi connectivity index (χ0n) is 18.8. The molecule has 1 saturated heterocycles. The van der Waals surface area contributed by atoms with E-state index in [1.165, 1.54) is 6.07 Å². The number of fused-ring (bicyclic) bond motifs is 1. The number of aromatic nitrogens is 2. The van der Waals surface area contributed by atoms with Crippen LogP contribution < -0.4 is 10.1 Å². The van der Waals surface area contributed by atoms with Crippen LogP contribution >= 0.6 is 0 Å². The second-order valence-corrected chi connectivity index (χ2v) is 8.89. The summed E-state index contributed by atoms with van der Waals surface area (Å²) >= 11 is 0. The second kappa shape index (κ2) is 9.44. The lowest BCUT2D eigenvalue weighted by Crippen LogP contribution is -2.52. The Labute approximate surface area is 199 Å². The van der Waals surface area contributed by atoms with Crippen LogP contribution in [0.3, 0.4) is 0 Å². The molecule has 2 amide bonds. The van der Waals surface area contributed by atoms with Gasteiger partial charge in [0.05, 0.1) is 11.0 Å². The van der Waals surface area contributed by atoms with E-state index in [1.807, 2.05) is 0 Å². The Morgan fingerprint density at radius 1 is 1.00 bits per heavy atom. The van der Waals surface area contributed by atoms with Gasteiger partial charge in [-0.2, -0.15) is 0 Å². The Morgan fingerprint density at radius 3 is 2.34 bits per heavy atom. The lowest BCUT2D eigenvalue weighted by Gasteiger charge is -2.34. The van der Waals surface area contributed by atoms with Crippen molar-refractivity contribution in [3.05, 3.63) is 59.8 Å². The van der Waals surface area contributed by atoms with Gasteiger partial charge in [-0.05, 0) is 43.0 Å². The monoisotopic (exact) mass is 482 g/mol. The van der Waals surface area contributed by atoms with E-state index in [2.05, 4.69) is 15.3 Å². The summed E-state index contributed by atoms with van der Waals surface area (Å²) in [4.78, 5) is 36.1. The topological polar surface area (TPSA) is 105 Å². The van der Waals surface area contributed by atoms with Crippen molar-refractivity contribution in [2.24, 2.45) is 5.92 Å². The number of nitrogens with zero attached hydrogens (tertiary/aromatic N) is 3. The second-order valence-electron chi connectivity index (χ2n) is 8.89. The number of benzene rings is 2. The quantitative estimate of drug-likeness (QED) is 0.559. The standard InChI is InChI=1S/C25H24F2N4O4/c26-17-8-7-16(13-18(17)27)35-15-9-11-31(12-10-15)25(34)21(14-5-6-14)30-24(33)22-23(32)29-20-4-2-1-3-19(20)28-22/h1-4,7-8,13-15,21H,5-6,9-12H2,(H,29,32)(H,30,33)/t21-/m0/s1. The molecule has 8 nitrogen and oxygen atoms in total. The normalized spacial score (nSPS) is 17.3. The number of hydrogen-bond donors (Lipinski definition) is 2. The van der Waals surface area contributed by atoms with Crippen molar-refractivity contribution < 1.29 is 28.2 Å². The molecule has 1 aromatic heterocycles. The first kappa shape index (κ1) is 22.9. The summed E-state index contributed by atoms with van der Waals surface area (Å²) in [6.45, 7) is 0.820. The van der Waals surface area contributed by atoms with Gasteiger partial charge < -0.3 is 20.1 Å². The first-order valence-corrected chi connectivity index (χ1v) is 11.6. The third-order valence-electron chi connectivity index (χ3n) is 6.36.